The summed E-state index contributed by atoms with van der Waals surface area (Å²) in [5, 5.41) is 11.1. The van der Waals surface area contributed by atoms with Crippen LogP contribution in [0.1, 0.15) is 23.7 Å². The van der Waals surface area contributed by atoms with Crippen molar-refractivity contribution in [3.63, 3.8) is 0 Å². The molecule has 6 heteroatoms. The smallest absolute Gasteiger partial charge is 0.335 e. The van der Waals surface area contributed by atoms with Crippen LogP contribution in [0.25, 0.3) is 0 Å². The second-order valence-corrected chi connectivity index (χ2v) is 3.97. The minimum absolute atomic E-state index is 0.0850. The van der Waals surface area contributed by atoms with Gasteiger partial charge in [0.25, 0.3) is 0 Å². The highest BCUT2D eigenvalue weighted by Crippen LogP contribution is 2.17. The van der Waals surface area contributed by atoms with Gasteiger partial charge in [-0.15, -0.1) is 0 Å². The molecule has 1 atom stereocenters. The molecule has 0 heterocycles. The molecule has 0 radical (unpaired) electrons. The lowest BCUT2D eigenvalue weighted by Gasteiger charge is -2.12. The molecular weight excluding hydrogens is 239 g/mol. The number of rotatable bonds is 5. The predicted molar refractivity (Wildman–Crippen MR) is 64.8 cm³/mol. The van der Waals surface area contributed by atoms with Gasteiger partial charge in [0.1, 0.15) is 5.82 Å². The average molecular weight is 254 g/mol. The van der Waals surface area contributed by atoms with Gasteiger partial charge in [0.05, 0.1) is 11.3 Å². The van der Waals surface area contributed by atoms with Gasteiger partial charge in [0.15, 0.2) is 0 Å². The van der Waals surface area contributed by atoms with Gasteiger partial charge in [-0.05, 0) is 31.2 Å². The van der Waals surface area contributed by atoms with E-state index < -0.39 is 11.8 Å². The number of carboxylic acids is 1. The van der Waals surface area contributed by atoms with E-state index in [2.05, 4.69) is 5.32 Å². The molecule has 0 saturated carbocycles. The molecule has 0 bridgehead atoms. The van der Waals surface area contributed by atoms with Crippen LogP contribution in [0.4, 0.5) is 10.1 Å². The molecule has 0 fully saturated rings. The van der Waals surface area contributed by atoms with Gasteiger partial charge < -0.3 is 16.2 Å². The molecule has 0 aliphatic carbocycles. The quantitative estimate of drug-likeness (QED) is 0.741. The lowest BCUT2D eigenvalue weighted by Crippen LogP contribution is -2.23. The van der Waals surface area contributed by atoms with E-state index in [9.17, 15) is 14.0 Å². The first-order valence-electron chi connectivity index (χ1n) is 5.49. The van der Waals surface area contributed by atoms with E-state index in [1.807, 2.05) is 0 Å². The maximum Gasteiger partial charge on any atom is 0.335 e. The van der Waals surface area contributed by atoms with Crippen molar-refractivity contribution < 1.29 is 19.1 Å². The largest absolute Gasteiger partial charge is 0.478 e. The number of nitrogens with one attached hydrogen (secondary N) is 1. The van der Waals surface area contributed by atoms with Crippen LogP contribution in [-0.2, 0) is 4.79 Å². The van der Waals surface area contributed by atoms with Gasteiger partial charge in [-0.25, -0.2) is 9.18 Å². The van der Waals surface area contributed by atoms with Gasteiger partial charge >= 0.3 is 5.97 Å². The summed E-state index contributed by atoms with van der Waals surface area (Å²) < 4.78 is 13.4. The van der Waals surface area contributed by atoms with Crippen molar-refractivity contribution in [2.24, 2.45) is 11.7 Å². The molecule has 0 aliphatic heterocycles. The van der Waals surface area contributed by atoms with Crippen molar-refractivity contribution >= 4 is 17.6 Å². The van der Waals surface area contributed by atoms with Gasteiger partial charge in [-0.1, -0.05) is 6.92 Å². The lowest BCUT2D eigenvalue weighted by atomic mass is 10.1. The van der Waals surface area contributed by atoms with E-state index in [0.717, 1.165) is 18.2 Å². The van der Waals surface area contributed by atoms with Crippen molar-refractivity contribution in [3.05, 3.63) is 29.6 Å². The molecule has 18 heavy (non-hydrogen) atoms. The Bertz CT molecular complexity index is 463. The average Bonchev–Trinajstić information content (AvgIpc) is 2.31. The van der Waals surface area contributed by atoms with Crippen LogP contribution in [0, 0.1) is 11.7 Å². The van der Waals surface area contributed by atoms with Gasteiger partial charge in [-0.2, -0.15) is 0 Å². The number of halogens is 1. The molecule has 1 amide bonds. The van der Waals surface area contributed by atoms with Gasteiger partial charge in [-0.3, -0.25) is 4.79 Å². The minimum atomic E-state index is -1.18. The maximum absolute atomic E-state index is 13.4. The number of benzene rings is 1. The Balaban J connectivity index is 2.86. The zero-order chi connectivity index (χ0) is 13.7. The highest BCUT2D eigenvalue weighted by molar-refractivity contribution is 5.95. The monoisotopic (exact) mass is 254 g/mol. The van der Waals surface area contributed by atoms with Crippen LogP contribution in [0.3, 0.4) is 0 Å². The molecule has 0 aliphatic rings. The summed E-state index contributed by atoms with van der Waals surface area (Å²) in [5.74, 6) is -2.60. The molecule has 1 aromatic rings. The van der Waals surface area contributed by atoms with Gasteiger partial charge in [0, 0.05) is 5.92 Å². The van der Waals surface area contributed by atoms with Crippen LogP contribution >= 0.6 is 0 Å². The second-order valence-electron chi connectivity index (χ2n) is 3.97. The maximum atomic E-state index is 13.4. The number of nitrogens with two attached hydrogens (primary N) is 1. The Hall–Kier alpha value is -1.95. The fourth-order valence-corrected chi connectivity index (χ4v) is 1.39. The lowest BCUT2D eigenvalue weighted by molar-refractivity contribution is -0.119. The van der Waals surface area contributed by atoms with Crippen LogP contribution in [0.15, 0.2) is 18.2 Å². The van der Waals surface area contributed by atoms with E-state index in [-0.39, 0.29) is 23.1 Å². The summed E-state index contributed by atoms with van der Waals surface area (Å²) in [5.41, 5.74) is 5.10. The van der Waals surface area contributed by atoms with Crippen LogP contribution in [0.5, 0.6) is 0 Å². The van der Waals surface area contributed by atoms with Crippen molar-refractivity contribution in [1.29, 1.82) is 0 Å². The zero-order valence-electron chi connectivity index (χ0n) is 9.94. The third-order valence-corrected chi connectivity index (χ3v) is 2.52. The number of anilines is 1. The highest BCUT2D eigenvalue weighted by Gasteiger charge is 2.15. The summed E-state index contributed by atoms with van der Waals surface area (Å²) in [6.45, 7) is 2.02. The first-order chi connectivity index (χ1) is 8.45. The molecule has 4 N–H and O–H groups in total. The summed E-state index contributed by atoms with van der Waals surface area (Å²) in [4.78, 5) is 22.4. The molecule has 1 rings (SSSR count). The Morgan fingerprint density at radius 2 is 2.17 bits per heavy atom. The molecule has 1 unspecified atom stereocenters. The normalized spacial score (nSPS) is 11.9. The molecule has 0 spiro atoms. The number of hydrogen-bond donors (Lipinski definition) is 3. The number of carbonyl (C=O) groups is 2. The highest BCUT2D eigenvalue weighted by atomic mass is 19.1. The van der Waals surface area contributed by atoms with Crippen LogP contribution in [0.2, 0.25) is 0 Å². The molecule has 98 valence electrons. The van der Waals surface area contributed by atoms with Crippen molar-refractivity contribution in [1.82, 2.24) is 0 Å². The first kappa shape index (κ1) is 14.1. The summed E-state index contributed by atoms with van der Waals surface area (Å²) >= 11 is 0. The van der Waals surface area contributed by atoms with Gasteiger partial charge in [0.2, 0.25) is 5.91 Å². The topological polar surface area (TPSA) is 92.4 Å². The number of aromatic carboxylic acids is 1. The number of carboxylic acid groups (broad SMARTS) is 1. The van der Waals surface area contributed by atoms with E-state index in [4.69, 9.17) is 10.8 Å². The molecular formula is C12H15FN2O3. The van der Waals surface area contributed by atoms with E-state index in [1.165, 1.54) is 0 Å². The van der Waals surface area contributed by atoms with E-state index >= 15 is 0 Å². The zero-order valence-corrected chi connectivity index (χ0v) is 9.94. The van der Waals surface area contributed by atoms with Crippen LogP contribution < -0.4 is 11.1 Å². The number of amides is 1. The predicted octanol–water partition coefficient (Wildman–Crippen LogP) is 1.45. The molecule has 0 saturated heterocycles. The number of carbonyl (C=O) groups excluding carboxylic acids is 1. The number of hydrogen-bond acceptors (Lipinski definition) is 3. The van der Waals surface area contributed by atoms with E-state index in [0.29, 0.717) is 13.0 Å². The minimum Gasteiger partial charge on any atom is -0.478 e. The Kier molecular flexibility index (Phi) is 4.79. The fraction of sp³-hybridized carbons (Fsp3) is 0.333. The Morgan fingerprint density at radius 1 is 1.50 bits per heavy atom. The first-order valence-corrected chi connectivity index (χ1v) is 5.49. The Morgan fingerprint density at radius 3 is 2.72 bits per heavy atom. The third kappa shape index (κ3) is 3.53. The molecule has 1 aromatic carbocycles. The summed E-state index contributed by atoms with van der Waals surface area (Å²) in [7, 11) is 0. The molecule has 0 aromatic heterocycles. The summed E-state index contributed by atoms with van der Waals surface area (Å²) in [6, 6.07) is 3.23. The third-order valence-electron chi connectivity index (χ3n) is 2.52. The summed E-state index contributed by atoms with van der Waals surface area (Å²) in [6.07, 6.45) is 0.478. The molecule has 5 nitrogen and oxygen atoms in total. The van der Waals surface area contributed by atoms with Crippen molar-refractivity contribution in [2.45, 2.75) is 13.3 Å². The Labute approximate surface area is 104 Å². The van der Waals surface area contributed by atoms with Crippen LogP contribution in [-0.4, -0.2) is 23.5 Å². The van der Waals surface area contributed by atoms with E-state index in [1.54, 1.807) is 6.92 Å². The van der Waals surface area contributed by atoms with Crippen molar-refractivity contribution in [2.75, 3.05) is 11.9 Å². The fourth-order valence-electron chi connectivity index (χ4n) is 1.39. The SMILES string of the molecule is CC(CCN)C(=O)Nc1cc(C(=O)O)ccc1F. The standard InChI is InChI=1S/C12H15FN2O3/c1-7(4-5-14)11(16)15-10-6-8(12(17)18)2-3-9(10)13/h2-3,6-7H,4-5,14H2,1H3,(H,15,16)(H,17,18). The van der Waals surface area contributed by atoms with Crippen molar-refractivity contribution in [3.8, 4) is 0 Å². The second kappa shape index (κ2) is 6.11.